The number of fused-ring (bicyclic) bond motifs is 1. The van der Waals surface area contributed by atoms with Crippen LogP contribution in [0.4, 0.5) is 5.82 Å². The summed E-state index contributed by atoms with van der Waals surface area (Å²) in [6.07, 6.45) is 0.388. The minimum atomic E-state index is 0.134. The molecule has 1 fully saturated rings. The zero-order valence-electron chi connectivity index (χ0n) is 17.5. The van der Waals surface area contributed by atoms with E-state index in [2.05, 4.69) is 24.0 Å². The molecule has 0 bridgehead atoms. The van der Waals surface area contributed by atoms with Gasteiger partial charge in [-0.15, -0.1) is 0 Å². The van der Waals surface area contributed by atoms with E-state index < -0.39 is 0 Å². The number of carbonyl (C=O) groups excluding carboxylic acids is 1. The first-order valence-electron chi connectivity index (χ1n) is 10.3. The maximum atomic E-state index is 12.5. The first kappa shape index (κ1) is 20.0. The Morgan fingerprint density at radius 3 is 2.53 bits per heavy atom. The predicted molar refractivity (Wildman–Crippen MR) is 118 cm³/mol. The van der Waals surface area contributed by atoms with E-state index in [9.17, 15) is 4.79 Å². The monoisotopic (exact) mass is 405 g/mol. The predicted octanol–water partition coefficient (Wildman–Crippen LogP) is 3.67. The highest BCUT2D eigenvalue weighted by Crippen LogP contribution is 2.29. The van der Waals surface area contributed by atoms with Crippen molar-refractivity contribution >= 4 is 22.6 Å². The van der Waals surface area contributed by atoms with Gasteiger partial charge < -0.3 is 19.3 Å². The first-order valence-corrected chi connectivity index (χ1v) is 10.3. The smallest absolute Gasteiger partial charge is 0.226 e. The number of benzene rings is 2. The maximum Gasteiger partial charge on any atom is 0.226 e. The number of methoxy groups -OCH3 is 1. The summed E-state index contributed by atoms with van der Waals surface area (Å²) in [5.41, 5.74) is 2.05. The summed E-state index contributed by atoms with van der Waals surface area (Å²) in [6, 6.07) is 17.7. The van der Waals surface area contributed by atoms with E-state index in [4.69, 9.17) is 14.5 Å². The molecule has 0 N–H and O–H groups in total. The molecule has 0 atom stereocenters. The van der Waals surface area contributed by atoms with Gasteiger partial charge in [0.05, 0.1) is 20.1 Å². The number of ether oxygens (including phenoxy) is 2. The summed E-state index contributed by atoms with van der Waals surface area (Å²) in [5.74, 6) is 2.65. The van der Waals surface area contributed by atoms with Gasteiger partial charge in [-0.2, -0.15) is 0 Å². The molecule has 1 aromatic heterocycles. The molecular weight excluding hydrogens is 378 g/mol. The number of rotatable bonds is 6. The van der Waals surface area contributed by atoms with Gasteiger partial charge in [0, 0.05) is 31.6 Å². The highest BCUT2D eigenvalue weighted by Gasteiger charge is 2.22. The second-order valence-corrected chi connectivity index (χ2v) is 7.43. The molecule has 1 aliphatic rings. The third-order valence-corrected chi connectivity index (χ3v) is 5.50. The van der Waals surface area contributed by atoms with Crippen LogP contribution in [0.1, 0.15) is 12.0 Å². The first-order chi connectivity index (χ1) is 14.7. The lowest BCUT2D eigenvalue weighted by molar-refractivity contribution is -0.132. The fourth-order valence-electron chi connectivity index (χ4n) is 3.82. The lowest BCUT2D eigenvalue weighted by atomic mass is 10.1. The molecule has 6 nitrogen and oxygen atoms in total. The number of aromatic nitrogens is 1. The van der Waals surface area contributed by atoms with Crippen molar-refractivity contribution in [3.05, 3.63) is 60.2 Å². The van der Waals surface area contributed by atoms with Gasteiger partial charge in [-0.3, -0.25) is 4.79 Å². The Hall–Kier alpha value is -3.28. The Balaban J connectivity index is 1.35. The van der Waals surface area contributed by atoms with Crippen LogP contribution in [0, 0.1) is 6.92 Å². The number of hydrogen-bond acceptors (Lipinski definition) is 5. The van der Waals surface area contributed by atoms with Crippen LogP contribution >= 0.6 is 0 Å². The van der Waals surface area contributed by atoms with Gasteiger partial charge >= 0.3 is 0 Å². The van der Waals surface area contributed by atoms with Gasteiger partial charge in [0.2, 0.25) is 5.91 Å². The van der Waals surface area contributed by atoms with Crippen LogP contribution in [0.5, 0.6) is 11.5 Å². The van der Waals surface area contributed by atoms with Gasteiger partial charge in [-0.25, -0.2) is 4.98 Å². The van der Waals surface area contributed by atoms with Crippen LogP contribution in [0.15, 0.2) is 54.6 Å². The second kappa shape index (κ2) is 9.03. The minimum Gasteiger partial charge on any atom is -0.494 e. The Morgan fingerprint density at radius 2 is 1.80 bits per heavy atom. The molecule has 0 radical (unpaired) electrons. The van der Waals surface area contributed by atoms with Crippen molar-refractivity contribution < 1.29 is 14.3 Å². The zero-order chi connectivity index (χ0) is 20.9. The van der Waals surface area contributed by atoms with Crippen LogP contribution < -0.4 is 14.4 Å². The van der Waals surface area contributed by atoms with E-state index in [1.54, 1.807) is 7.11 Å². The average molecular weight is 405 g/mol. The molecule has 0 saturated carbocycles. The molecule has 1 amide bonds. The average Bonchev–Trinajstić information content (AvgIpc) is 2.79. The molecule has 1 aliphatic heterocycles. The molecule has 30 heavy (non-hydrogen) atoms. The van der Waals surface area contributed by atoms with Crippen LogP contribution in [-0.2, 0) is 4.79 Å². The number of carbonyl (C=O) groups is 1. The van der Waals surface area contributed by atoms with Crippen molar-refractivity contribution in [2.24, 2.45) is 0 Å². The van der Waals surface area contributed by atoms with Crippen molar-refractivity contribution in [1.29, 1.82) is 0 Å². The zero-order valence-corrected chi connectivity index (χ0v) is 17.5. The third kappa shape index (κ3) is 4.32. The number of piperazine rings is 1. The number of nitrogens with zero attached hydrogens (tertiary/aromatic N) is 3. The van der Waals surface area contributed by atoms with E-state index >= 15 is 0 Å². The van der Waals surface area contributed by atoms with E-state index in [1.165, 1.54) is 5.56 Å². The van der Waals surface area contributed by atoms with Crippen molar-refractivity contribution in [3.8, 4) is 11.5 Å². The van der Waals surface area contributed by atoms with Gasteiger partial charge in [-0.05, 0) is 36.8 Å². The summed E-state index contributed by atoms with van der Waals surface area (Å²) in [4.78, 5) is 21.6. The molecule has 0 aliphatic carbocycles. The van der Waals surface area contributed by atoms with Crippen molar-refractivity contribution in [1.82, 2.24) is 9.88 Å². The molecular formula is C24H27N3O3. The molecule has 6 heteroatoms. The number of para-hydroxylation sites is 2. The molecule has 0 unspecified atom stereocenters. The number of aryl methyl sites for hydroxylation is 1. The summed E-state index contributed by atoms with van der Waals surface area (Å²) >= 11 is 0. The topological polar surface area (TPSA) is 54.9 Å². The quantitative estimate of drug-likeness (QED) is 0.626. The van der Waals surface area contributed by atoms with E-state index in [1.807, 2.05) is 47.4 Å². The standard InChI is InChI=1S/C24H27N3O3/c1-18-17-22(25-24-20(18)9-6-10-21(24)29-2)26-12-14-27(15-13-26)23(28)11-16-30-19-7-4-3-5-8-19/h3-10,17H,11-16H2,1-2H3. The van der Waals surface area contributed by atoms with E-state index in [0.717, 1.165) is 41.3 Å². The maximum absolute atomic E-state index is 12.5. The minimum absolute atomic E-state index is 0.134. The highest BCUT2D eigenvalue weighted by atomic mass is 16.5. The fourth-order valence-corrected chi connectivity index (χ4v) is 3.82. The highest BCUT2D eigenvalue weighted by molar-refractivity contribution is 5.89. The van der Waals surface area contributed by atoms with Crippen LogP contribution in [0.3, 0.4) is 0 Å². The summed E-state index contributed by atoms with van der Waals surface area (Å²) in [7, 11) is 1.67. The Kier molecular flexibility index (Phi) is 6.02. The van der Waals surface area contributed by atoms with Crippen LogP contribution in [-0.4, -0.2) is 55.7 Å². The van der Waals surface area contributed by atoms with Crippen molar-refractivity contribution in [2.75, 3.05) is 44.8 Å². The van der Waals surface area contributed by atoms with Crippen LogP contribution in [0.2, 0.25) is 0 Å². The lowest BCUT2D eigenvalue weighted by Gasteiger charge is -2.35. The van der Waals surface area contributed by atoms with Crippen molar-refractivity contribution in [2.45, 2.75) is 13.3 Å². The van der Waals surface area contributed by atoms with E-state index in [-0.39, 0.29) is 5.91 Å². The molecule has 2 heterocycles. The second-order valence-electron chi connectivity index (χ2n) is 7.43. The largest absolute Gasteiger partial charge is 0.494 e. The Labute approximate surface area is 177 Å². The van der Waals surface area contributed by atoms with Crippen LogP contribution in [0.25, 0.3) is 10.9 Å². The summed E-state index contributed by atoms with van der Waals surface area (Å²) < 4.78 is 11.2. The Bertz CT molecular complexity index is 1010. The van der Waals surface area contributed by atoms with Gasteiger partial charge in [0.25, 0.3) is 0 Å². The van der Waals surface area contributed by atoms with Crippen molar-refractivity contribution in [3.63, 3.8) is 0 Å². The van der Waals surface area contributed by atoms with E-state index in [0.29, 0.717) is 26.1 Å². The number of hydrogen-bond donors (Lipinski definition) is 0. The molecule has 1 saturated heterocycles. The number of pyridine rings is 1. The van der Waals surface area contributed by atoms with Gasteiger partial charge in [-0.1, -0.05) is 30.3 Å². The van der Waals surface area contributed by atoms with Gasteiger partial charge in [0.1, 0.15) is 22.8 Å². The lowest BCUT2D eigenvalue weighted by Crippen LogP contribution is -2.49. The normalized spacial score (nSPS) is 14.1. The molecule has 156 valence electrons. The van der Waals surface area contributed by atoms with Gasteiger partial charge in [0.15, 0.2) is 0 Å². The Morgan fingerprint density at radius 1 is 1.03 bits per heavy atom. The molecule has 0 spiro atoms. The fraction of sp³-hybridized carbons (Fsp3) is 0.333. The summed E-state index contributed by atoms with van der Waals surface area (Å²) in [6.45, 7) is 5.40. The SMILES string of the molecule is COc1cccc2c(C)cc(N3CCN(C(=O)CCOc4ccccc4)CC3)nc12. The molecule has 3 aromatic rings. The molecule has 2 aromatic carbocycles. The summed E-state index contributed by atoms with van der Waals surface area (Å²) in [5, 5.41) is 1.10. The third-order valence-electron chi connectivity index (χ3n) is 5.50. The molecule has 4 rings (SSSR count). The number of amides is 1. The number of anilines is 1.